The van der Waals surface area contributed by atoms with E-state index in [2.05, 4.69) is 10.3 Å². The van der Waals surface area contributed by atoms with Crippen LogP contribution >= 0.6 is 0 Å². The molecule has 0 radical (unpaired) electrons. The first-order chi connectivity index (χ1) is 8.09. The fraction of sp³-hybridized carbons (Fsp3) is 0.538. The molecular weight excluding hydrogens is 216 g/mol. The van der Waals surface area contributed by atoms with Crippen LogP contribution in [0.25, 0.3) is 0 Å². The van der Waals surface area contributed by atoms with E-state index in [0.29, 0.717) is 12.3 Å². The van der Waals surface area contributed by atoms with Gasteiger partial charge < -0.3 is 10.1 Å². The number of nitrogens with one attached hydrogen (secondary N) is 1. The first-order valence-electron chi connectivity index (χ1n) is 5.93. The lowest BCUT2D eigenvalue weighted by Gasteiger charge is -2.14. The zero-order valence-electron chi connectivity index (χ0n) is 10.6. The Morgan fingerprint density at radius 2 is 2.18 bits per heavy atom. The van der Waals surface area contributed by atoms with Crippen LogP contribution in [0, 0.1) is 0 Å². The van der Waals surface area contributed by atoms with Gasteiger partial charge in [-0.05, 0) is 39.3 Å². The van der Waals surface area contributed by atoms with Crippen LogP contribution in [0.15, 0.2) is 24.4 Å². The maximum absolute atomic E-state index is 11.7. The number of rotatable bonds is 6. The van der Waals surface area contributed by atoms with E-state index < -0.39 is 0 Å². The molecule has 1 heterocycles. The van der Waals surface area contributed by atoms with Crippen molar-refractivity contribution in [3.63, 3.8) is 0 Å². The van der Waals surface area contributed by atoms with E-state index in [1.807, 2.05) is 20.8 Å². The van der Waals surface area contributed by atoms with Crippen LogP contribution < -0.4 is 5.32 Å². The molecule has 4 nitrogen and oxygen atoms in total. The van der Waals surface area contributed by atoms with Crippen LogP contribution in [0.1, 0.15) is 37.7 Å². The Kier molecular flexibility index (Phi) is 5.63. The second-order valence-electron chi connectivity index (χ2n) is 4.30. The fourth-order valence-electron chi connectivity index (χ4n) is 1.35. The molecule has 17 heavy (non-hydrogen) atoms. The van der Waals surface area contributed by atoms with E-state index in [0.717, 1.165) is 6.42 Å². The normalized spacial score (nSPS) is 12.5. The molecule has 0 spiro atoms. The smallest absolute Gasteiger partial charge is 0.270 e. The van der Waals surface area contributed by atoms with Gasteiger partial charge in [-0.15, -0.1) is 0 Å². The van der Waals surface area contributed by atoms with Gasteiger partial charge in [-0.25, -0.2) is 0 Å². The molecular formula is C13H20N2O2. The van der Waals surface area contributed by atoms with Crippen molar-refractivity contribution in [2.75, 3.05) is 6.61 Å². The highest BCUT2D eigenvalue weighted by molar-refractivity contribution is 5.92. The Balaban J connectivity index is 2.31. The number of hydrogen-bond acceptors (Lipinski definition) is 3. The van der Waals surface area contributed by atoms with Crippen LogP contribution in [0.4, 0.5) is 0 Å². The maximum atomic E-state index is 11.7. The number of ether oxygens (including phenoxy) is 1. The lowest BCUT2D eigenvalue weighted by Crippen LogP contribution is -2.34. The van der Waals surface area contributed by atoms with Crippen LogP contribution in [0.2, 0.25) is 0 Å². The summed E-state index contributed by atoms with van der Waals surface area (Å²) < 4.78 is 5.43. The molecule has 0 fully saturated rings. The first kappa shape index (κ1) is 13.6. The molecule has 1 amide bonds. The van der Waals surface area contributed by atoms with Crippen molar-refractivity contribution in [3.05, 3.63) is 30.1 Å². The Labute approximate surface area is 102 Å². The second-order valence-corrected chi connectivity index (χ2v) is 4.30. The van der Waals surface area contributed by atoms with Gasteiger partial charge in [0.15, 0.2) is 0 Å². The van der Waals surface area contributed by atoms with Crippen molar-refractivity contribution in [1.29, 1.82) is 0 Å². The largest absolute Gasteiger partial charge is 0.379 e. The van der Waals surface area contributed by atoms with Gasteiger partial charge >= 0.3 is 0 Å². The van der Waals surface area contributed by atoms with Crippen molar-refractivity contribution < 1.29 is 9.53 Å². The molecule has 1 rings (SSSR count). The first-order valence-corrected chi connectivity index (χ1v) is 5.93. The second kappa shape index (κ2) is 7.01. The summed E-state index contributed by atoms with van der Waals surface area (Å²) in [4.78, 5) is 15.7. The fourth-order valence-corrected chi connectivity index (χ4v) is 1.35. The van der Waals surface area contributed by atoms with Crippen molar-refractivity contribution in [1.82, 2.24) is 10.3 Å². The van der Waals surface area contributed by atoms with E-state index in [1.54, 1.807) is 24.4 Å². The summed E-state index contributed by atoms with van der Waals surface area (Å²) >= 11 is 0. The molecule has 0 aliphatic heterocycles. The van der Waals surface area contributed by atoms with Crippen LogP contribution in [-0.2, 0) is 4.74 Å². The third-order valence-electron chi connectivity index (χ3n) is 2.28. The molecule has 0 aromatic carbocycles. The predicted octanol–water partition coefficient (Wildman–Crippen LogP) is 2.02. The van der Waals surface area contributed by atoms with Gasteiger partial charge in [0.25, 0.3) is 5.91 Å². The third-order valence-corrected chi connectivity index (χ3v) is 2.28. The molecule has 0 aliphatic carbocycles. The number of pyridine rings is 1. The van der Waals surface area contributed by atoms with Gasteiger partial charge in [0.2, 0.25) is 0 Å². The van der Waals surface area contributed by atoms with E-state index in [1.165, 1.54) is 0 Å². The predicted molar refractivity (Wildman–Crippen MR) is 66.9 cm³/mol. The Bertz CT molecular complexity index is 339. The average Bonchev–Trinajstić information content (AvgIpc) is 2.29. The molecule has 0 saturated carbocycles. The molecule has 0 saturated heterocycles. The minimum Gasteiger partial charge on any atom is -0.379 e. The SMILES string of the molecule is CC(CCOC(C)C)NC(=O)c1ccccn1. The summed E-state index contributed by atoms with van der Waals surface area (Å²) in [6.07, 6.45) is 2.65. The lowest BCUT2D eigenvalue weighted by atomic mass is 10.2. The van der Waals surface area contributed by atoms with E-state index in [4.69, 9.17) is 4.74 Å². The molecule has 1 N–H and O–H groups in total. The zero-order valence-corrected chi connectivity index (χ0v) is 10.6. The Morgan fingerprint density at radius 3 is 2.76 bits per heavy atom. The topological polar surface area (TPSA) is 51.2 Å². The number of carbonyl (C=O) groups excluding carboxylic acids is 1. The number of amides is 1. The number of aromatic nitrogens is 1. The Hall–Kier alpha value is -1.42. The maximum Gasteiger partial charge on any atom is 0.270 e. The van der Waals surface area contributed by atoms with E-state index >= 15 is 0 Å². The average molecular weight is 236 g/mol. The van der Waals surface area contributed by atoms with E-state index in [9.17, 15) is 4.79 Å². The van der Waals surface area contributed by atoms with Crippen molar-refractivity contribution in [3.8, 4) is 0 Å². The van der Waals surface area contributed by atoms with E-state index in [-0.39, 0.29) is 18.1 Å². The van der Waals surface area contributed by atoms with Crippen molar-refractivity contribution >= 4 is 5.91 Å². The van der Waals surface area contributed by atoms with Gasteiger partial charge in [0, 0.05) is 18.8 Å². The monoisotopic (exact) mass is 236 g/mol. The minimum absolute atomic E-state index is 0.0863. The van der Waals surface area contributed by atoms with Gasteiger partial charge in [-0.1, -0.05) is 6.07 Å². The summed E-state index contributed by atoms with van der Waals surface area (Å²) in [6.45, 7) is 6.61. The summed E-state index contributed by atoms with van der Waals surface area (Å²) in [5, 5.41) is 2.89. The number of hydrogen-bond donors (Lipinski definition) is 1. The van der Waals surface area contributed by atoms with Crippen LogP contribution in [0.5, 0.6) is 0 Å². The van der Waals surface area contributed by atoms with Crippen molar-refractivity contribution in [2.24, 2.45) is 0 Å². The number of carbonyl (C=O) groups is 1. The quantitative estimate of drug-likeness (QED) is 0.822. The van der Waals surface area contributed by atoms with Gasteiger partial charge in [-0.2, -0.15) is 0 Å². The molecule has 0 aliphatic rings. The summed E-state index contributed by atoms with van der Waals surface area (Å²) in [7, 11) is 0. The molecule has 4 heteroatoms. The molecule has 1 unspecified atom stereocenters. The van der Waals surface area contributed by atoms with Crippen LogP contribution in [0.3, 0.4) is 0 Å². The highest BCUT2D eigenvalue weighted by atomic mass is 16.5. The highest BCUT2D eigenvalue weighted by Gasteiger charge is 2.10. The summed E-state index contributed by atoms with van der Waals surface area (Å²) in [6, 6.07) is 5.38. The van der Waals surface area contributed by atoms with Gasteiger partial charge in [0.05, 0.1) is 6.10 Å². The minimum atomic E-state index is -0.136. The molecule has 0 bridgehead atoms. The lowest BCUT2D eigenvalue weighted by molar-refractivity contribution is 0.0705. The summed E-state index contributed by atoms with van der Waals surface area (Å²) in [5.74, 6) is -0.136. The zero-order chi connectivity index (χ0) is 12.7. The molecule has 94 valence electrons. The van der Waals surface area contributed by atoms with Crippen molar-refractivity contribution in [2.45, 2.75) is 39.3 Å². The van der Waals surface area contributed by atoms with Crippen LogP contribution in [-0.4, -0.2) is 29.6 Å². The highest BCUT2D eigenvalue weighted by Crippen LogP contribution is 1.98. The molecule has 1 aromatic heterocycles. The molecule has 1 aromatic rings. The standard InChI is InChI=1S/C13H20N2O2/c1-10(2)17-9-7-11(3)15-13(16)12-6-4-5-8-14-12/h4-6,8,10-11H,7,9H2,1-3H3,(H,15,16). The summed E-state index contributed by atoms with van der Waals surface area (Å²) in [5.41, 5.74) is 0.448. The van der Waals surface area contributed by atoms with Gasteiger partial charge in [-0.3, -0.25) is 9.78 Å². The number of nitrogens with zero attached hydrogens (tertiary/aromatic N) is 1. The Morgan fingerprint density at radius 1 is 1.41 bits per heavy atom. The molecule has 1 atom stereocenters. The van der Waals surface area contributed by atoms with Gasteiger partial charge in [0.1, 0.15) is 5.69 Å². The third kappa shape index (κ3) is 5.45.